The fraction of sp³-hybridized carbons (Fsp3) is 0.545. The molecule has 0 heterocycles. The molecule has 0 aliphatic heterocycles. The van der Waals surface area contributed by atoms with E-state index >= 15 is 0 Å². The lowest BCUT2D eigenvalue weighted by atomic mass is 9.63. The number of hydrogen-bond acceptors (Lipinski definition) is 1. The summed E-state index contributed by atoms with van der Waals surface area (Å²) in [5, 5.41) is 0. The van der Waals surface area contributed by atoms with Crippen LogP contribution in [0.3, 0.4) is 0 Å². The molecule has 0 spiro atoms. The van der Waals surface area contributed by atoms with Crippen LogP contribution in [0.15, 0.2) is 12.2 Å². The fourth-order valence-corrected chi connectivity index (χ4v) is 2.21. The quantitative estimate of drug-likeness (QED) is 0.423. The number of fused-ring (bicyclic) bond motifs is 2. The van der Waals surface area contributed by atoms with Gasteiger partial charge < -0.3 is 0 Å². The fourth-order valence-electron chi connectivity index (χ4n) is 2.21. The Labute approximate surface area is 72.8 Å². The van der Waals surface area contributed by atoms with Gasteiger partial charge in [-0.05, 0) is 18.8 Å². The molecule has 12 heavy (non-hydrogen) atoms. The van der Waals surface area contributed by atoms with Crippen molar-refractivity contribution < 1.29 is 4.79 Å². The molecular weight excluding hydrogens is 148 g/mol. The Kier molecular flexibility index (Phi) is 1.58. The van der Waals surface area contributed by atoms with Crippen molar-refractivity contribution in [3.05, 3.63) is 12.2 Å². The normalized spacial score (nSPS) is 38.2. The van der Waals surface area contributed by atoms with Crippen molar-refractivity contribution in [2.45, 2.75) is 25.7 Å². The molecule has 3 aliphatic rings. The lowest BCUT2D eigenvalue weighted by molar-refractivity contribution is -0.130. The van der Waals surface area contributed by atoms with Crippen molar-refractivity contribution in [1.82, 2.24) is 0 Å². The standard InChI is InChI=1S/C11H12O/c1-2-5-11-6-3-9(4-7-11)8-10(11)12/h1,3,6,9H,4-5,7-8H2. The first-order valence-electron chi connectivity index (χ1n) is 4.43. The molecule has 1 fully saturated rings. The zero-order chi connectivity index (χ0) is 8.60. The van der Waals surface area contributed by atoms with Crippen LogP contribution in [0.4, 0.5) is 0 Å². The van der Waals surface area contributed by atoms with Crippen LogP contribution in [0.5, 0.6) is 0 Å². The van der Waals surface area contributed by atoms with E-state index in [9.17, 15) is 4.79 Å². The molecule has 1 saturated carbocycles. The van der Waals surface area contributed by atoms with Crippen molar-refractivity contribution in [3.63, 3.8) is 0 Å². The van der Waals surface area contributed by atoms with Crippen LogP contribution < -0.4 is 0 Å². The number of carbonyl (C=O) groups is 1. The van der Waals surface area contributed by atoms with E-state index in [4.69, 9.17) is 6.42 Å². The van der Waals surface area contributed by atoms with E-state index in [2.05, 4.69) is 12.0 Å². The topological polar surface area (TPSA) is 17.1 Å². The molecule has 0 aromatic heterocycles. The molecule has 2 unspecified atom stereocenters. The van der Waals surface area contributed by atoms with Crippen molar-refractivity contribution in [2.75, 3.05) is 0 Å². The lowest BCUT2D eigenvalue weighted by Gasteiger charge is -2.39. The molecule has 62 valence electrons. The van der Waals surface area contributed by atoms with Gasteiger partial charge >= 0.3 is 0 Å². The minimum Gasteiger partial charge on any atom is -0.299 e. The van der Waals surface area contributed by atoms with Gasteiger partial charge in [-0.2, -0.15) is 0 Å². The Hall–Kier alpha value is -1.03. The molecule has 0 N–H and O–H groups in total. The first-order valence-corrected chi connectivity index (χ1v) is 4.43. The number of terminal acetylenes is 1. The number of hydrogen-bond donors (Lipinski definition) is 0. The SMILES string of the molecule is C#CCC12C=CC(CC1)CC2=O. The monoisotopic (exact) mass is 160 g/mol. The summed E-state index contributed by atoms with van der Waals surface area (Å²) in [6.07, 6.45) is 12.9. The average molecular weight is 160 g/mol. The maximum Gasteiger partial charge on any atom is 0.144 e. The van der Waals surface area contributed by atoms with E-state index in [1.165, 1.54) is 0 Å². The van der Waals surface area contributed by atoms with Gasteiger partial charge in [0.2, 0.25) is 0 Å². The van der Waals surface area contributed by atoms with Crippen molar-refractivity contribution in [1.29, 1.82) is 0 Å². The first-order chi connectivity index (χ1) is 5.77. The van der Waals surface area contributed by atoms with Crippen LogP contribution in [0.1, 0.15) is 25.7 Å². The summed E-state index contributed by atoms with van der Waals surface area (Å²) in [4.78, 5) is 11.6. The predicted molar refractivity (Wildman–Crippen MR) is 47.4 cm³/mol. The van der Waals surface area contributed by atoms with E-state index in [1.54, 1.807) is 0 Å². The highest BCUT2D eigenvalue weighted by Crippen LogP contribution is 2.44. The number of Topliss-reactive ketones (excluding diaryl/α,β-unsaturated/α-hetero) is 1. The highest BCUT2D eigenvalue weighted by molar-refractivity contribution is 5.89. The second kappa shape index (κ2) is 2.48. The molecule has 2 atom stereocenters. The van der Waals surface area contributed by atoms with E-state index in [0.29, 0.717) is 18.1 Å². The second-order valence-corrected chi connectivity index (χ2v) is 3.82. The average Bonchev–Trinajstić information content (AvgIpc) is 2.08. The molecule has 3 aliphatic carbocycles. The van der Waals surface area contributed by atoms with Crippen molar-refractivity contribution in [2.24, 2.45) is 11.3 Å². The maximum atomic E-state index is 11.6. The molecule has 3 rings (SSSR count). The van der Waals surface area contributed by atoms with Crippen LogP contribution in [0.2, 0.25) is 0 Å². The molecule has 1 heteroatoms. The molecule has 1 nitrogen and oxygen atoms in total. The Morgan fingerprint density at radius 3 is 3.08 bits per heavy atom. The number of allylic oxidation sites excluding steroid dienone is 2. The lowest BCUT2D eigenvalue weighted by Crippen LogP contribution is -2.38. The zero-order valence-electron chi connectivity index (χ0n) is 7.05. The third kappa shape index (κ3) is 0.914. The van der Waals surface area contributed by atoms with Gasteiger partial charge in [0.15, 0.2) is 0 Å². The summed E-state index contributed by atoms with van der Waals surface area (Å²) in [6, 6.07) is 0. The van der Waals surface area contributed by atoms with Gasteiger partial charge in [0.25, 0.3) is 0 Å². The Morgan fingerprint density at radius 1 is 1.75 bits per heavy atom. The smallest absolute Gasteiger partial charge is 0.144 e. The second-order valence-electron chi connectivity index (χ2n) is 3.82. The molecular formula is C11H12O. The molecule has 0 aromatic carbocycles. The van der Waals surface area contributed by atoms with Crippen molar-refractivity contribution in [3.8, 4) is 12.3 Å². The maximum absolute atomic E-state index is 11.6. The largest absolute Gasteiger partial charge is 0.299 e. The van der Waals surface area contributed by atoms with Crippen LogP contribution in [-0.2, 0) is 4.79 Å². The van der Waals surface area contributed by atoms with E-state index in [0.717, 1.165) is 19.3 Å². The molecule has 0 amide bonds. The summed E-state index contributed by atoms with van der Waals surface area (Å²) in [5.74, 6) is 3.48. The van der Waals surface area contributed by atoms with Gasteiger partial charge in [-0.1, -0.05) is 12.2 Å². The van der Waals surface area contributed by atoms with Gasteiger partial charge in [-0.25, -0.2) is 0 Å². The third-order valence-electron chi connectivity index (χ3n) is 3.07. The highest BCUT2D eigenvalue weighted by Gasteiger charge is 2.42. The van der Waals surface area contributed by atoms with Gasteiger partial charge in [-0.15, -0.1) is 12.3 Å². The van der Waals surface area contributed by atoms with E-state index in [-0.39, 0.29) is 5.41 Å². The minimum atomic E-state index is -0.260. The molecule has 0 aromatic rings. The van der Waals surface area contributed by atoms with Crippen LogP contribution in [0.25, 0.3) is 0 Å². The van der Waals surface area contributed by atoms with Crippen molar-refractivity contribution >= 4 is 5.78 Å². The number of rotatable bonds is 1. The van der Waals surface area contributed by atoms with Crippen LogP contribution in [0, 0.1) is 23.7 Å². The summed E-state index contributed by atoms with van der Waals surface area (Å²) in [6.45, 7) is 0. The first kappa shape index (κ1) is 7.61. The van der Waals surface area contributed by atoms with Crippen LogP contribution >= 0.6 is 0 Å². The van der Waals surface area contributed by atoms with E-state index in [1.807, 2.05) is 6.08 Å². The summed E-state index contributed by atoms with van der Waals surface area (Å²) in [5.41, 5.74) is -0.260. The van der Waals surface area contributed by atoms with Gasteiger partial charge in [0.05, 0.1) is 5.41 Å². The highest BCUT2D eigenvalue weighted by atomic mass is 16.1. The summed E-state index contributed by atoms with van der Waals surface area (Å²) >= 11 is 0. The zero-order valence-corrected chi connectivity index (χ0v) is 7.05. The Bertz CT molecular complexity index is 282. The Morgan fingerprint density at radius 2 is 2.58 bits per heavy atom. The summed E-state index contributed by atoms with van der Waals surface area (Å²) < 4.78 is 0. The molecule has 0 saturated heterocycles. The minimum absolute atomic E-state index is 0.260. The van der Waals surface area contributed by atoms with Gasteiger partial charge in [-0.3, -0.25) is 4.79 Å². The van der Waals surface area contributed by atoms with E-state index < -0.39 is 0 Å². The molecule has 2 bridgehead atoms. The van der Waals surface area contributed by atoms with Gasteiger partial charge in [0.1, 0.15) is 5.78 Å². The number of carbonyl (C=O) groups excluding carboxylic acids is 1. The molecule has 0 radical (unpaired) electrons. The number of ketones is 1. The van der Waals surface area contributed by atoms with Crippen LogP contribution in [-0.4, -0.2) is 5.78 Å². The Balaban J connectivity index is 2.33. The van der Waals surface area contributed by atoms with Gasteiger partial charge in [0, 0.05) is 12.8 Å². The third-order valence-corrected chi connectivity index (χ3v) is 3.07. The summed E-state index contributed by atoms with van der Waals surface area (Å²) in [7, 11) is 0. The predicted octanol–water partition coefficient (Wildman–Crippen LogP) is 1.94.